The molecule has 0 bridgehead atoms. The van der Waals surface area contributed by atoms with Crippen LogP contribution in [-0.4, -0.2) is 18.9 Å². The van der Waals surface area contributed by atoms with Crippen LogP contribution in [0.15, 0.2) is 46.3 Å². The molecule has 0 aliphatic heterocycles. The van der Waals surface area contributed by atoms with Gasteiger partial charge in [0.15, 0.2) is 0 Å². The van der Waals surface area contributed by atoms with Crippen molar-refractivity contribution in [3.05, 3.63) is 59.2 Å². The third kappa shape index (κ3) is 3.01. The van der Waals surface area contributed by atoms with Crippen LogP contribution in [0.25, 0.3) is 5.69 Å². The summed E-state index contributed by atoms with van der Waals surface area (Å²) in [4.78, 5) is 4.26. The smallest absolute Gasteiger partial charge is 0.203 e. The SMILES string of the molecule is Cc1cc(C)cc(-n2ccnc2[S@@](=O)Cc2cc(C)on2)c1. The monoisotopic (exact) mass is 315 g/mol. The van der Waals surface area contributed by atoms with Crippen molar-refractivity contribution < 1.29 is 8.73 Å². The van der Waals surface area contributed by atoms with Gasteiger partial charge in [-0.3, -0.25) is 8.78 Å². The lowest BCUT2D eigenvalue weighted by Gasteiger charge is -2.09. The molecule has 3 aromatic rings. The van der Waals surface area contributed by atoms with Gasteiger partial charge in [-0.05, 0) is 44.0 Å². The molecule has 1 atom stereocenters. The van der Waals surface area contributed by atoms with Crippen LogP contribution in [-0.2, 0) is 16.6 Å². The summed E-state index contributed by atoms with van der Waals surface area (Å²) >= 11 is 0. The van der Waals surface area contributed by atoms with Gasteiger partial charge in [0.05, 0.1) is 22.2 Å². The highest BCUT2D eigenvalue weighted by molar-refractivity contribution is 7.84. The van der Waals surface area contributed by atoms with Crippen molar-refractivity contribution >= 4 is 10.8 Å². The van der Waals surface area contributed by atoms with E-state index in [2.05, 4.69) is 28.3 Å². The van der Waals surface area contributed by atoms with Gasteiger partial charge in [0.2, 0.25) is 5.16 Å². The van der Waals surface area contributed by atoms with Crippen LogP contribution in [0.1, 0.15) is 22.6 Å². The molecule has 6 heteroatoms. The van der Waals surface area contributed by atoms with Crippen LogP contribution in [0.5, 0.6) is 0 Å². The predicted molar refractivity (Wildman–Crippen MR) is 84.4 cm³/mol. The van der Waals surface area contributed by atoms with Gasteiger partial charge in [0.1, 0.15) is 5.76 Å². The van der Waals surface area contributed by atoms with Gasteiger partial charge in [0, 0.05) is 24.1 Å². The van der Waals surface area contributed by atoms with Crippen LogP contribution in [0.3, 0.4) is 0 Å². The number of imidazole rings is 1. The third-order valence-corrected chi connectivity index (χ3v) is 4.52. The highest BCUT2D eigenvalue weighted by atomic mass is 32.2. The Labute approximate surface area is 131 Å². The Balaban J connectivity index is 1.92. The summed E-state index contributed by atoms with van der Waals surface area (Å²) in [5.74, 6) is 1.00. The highest BCUT2D eigenvalue weighted by Crippen LogP contribution is 2.19. The minimum atomic E-state index is -1.29. The number of nitrogens with zero attached hydrogens (tertiary/aromatic N) is 3. The Kier molecular flexibility index (Phi) is 3.94. The molecule has 0 spiro atoms. The first kappa shape index (κ1) is 14.7. The number of aromatic nitrogens is 3. The van der Waals surface area contributed by atoms with Gasteiger partial charge in [0.25, 0.3) is 0 Å². The molecule has 0 saturated heterocycles. The average Bonchev–Trinajstić information content (AvgIpc) is 3.06. The van der Waals surface area contributed by atoms with Crippen molar-refractivity contribution in [3.63, 3.8) is 0 Å². The summed E-state index contributed by atoms with van der Waals surface area (Å²) in [6.07, 6.45) is 3.49. The molecule has 22 heavy (non-hydrogen) atoms. The van der Waals surface area contributed by atoms with Gasteiger partial charge < -0.3 is 4.52 Å². The van der Waals surface area contributed by atoms with E-state index in [0.29, 0.717) is 22.4 Å². The van der Waals surface area contributed by atoms with E-state index < -0.39 is 10.8 Å². The topological polar surface area (TPSA) is 60.9 Å². The first-order valence-electron chi connectivity index (χ1n) is 6.95. The second-order valence-corrected chi connectivity index (χ2v) is 6.69. The Morgan fingerprint density at radius 1 is 1.14 bits per heavy atom. The third-order valence-electron chi connectivity index (χ3n) is 3.25. The lowest BCUT2D eigenvalue weighted by Crippen LogP contribution is -2.06. The summed E-state index contributed by atoms with van der Waals surface area (Å²) < 4.78 is 19.5. The number of hydrogen-bond donors (Lipinski definition) is 0. The largest absolute Gasteiger partial charge is 0.361 e. The van der Waals surface area contributed by atoms with Gasteiger partial charge in [-0.1, -0.05) is 11.2 Å². The van der Waals surface area contributed by atoms with E-state index in [4.69, 9.17) is 4.52 Å². The van der Waals surface area contributed by atoms with E-state index in [1.807, 2.05) is 31.5 Å². The Morgan fingerprint density at radius 2 is 1.86 bits per heavy atom. The first-order valence-corrected chi connectivity index (χ1v) is 8.27. The average molecular weight is 315 g/mol. The Hall–Kier alpha value is -2.21. The highest BCUT2D eigenvalue weighted by Gasteiger charge is 2.15. The number of benzene rings is 1. The van der Waals surface area contributed by atoms with Crippen molar-refractivity contribution in [1.29, 1.82) is 0 Å². The van der Waals surface area contributed by atoms with E-state index in [1.54, 1.807) is 12.3 Å². The number of aryl methyl sites for hydroxylation is 3. The summed E-state index contributed by atoms with van der Waals surface area (Å²) in [6, 6.07) is 8.00. The molecular formula is C16H17N3O2S. The number of rotatable bonds is 4. The zero-order valence-corrected chi connectivity index (χ0v) is 13.6. The zero-order valence-electron chi connectivity index (χ0n) is 12.7. The Morgan fingerprint density at radius 3 is 2.50 bits per heavy atom. The standard InChI is InChI=1S/C16H17N3O2S/c1-11-6-12(2)8-15(7-11)19-5-4-17-16(19)22(20)10-14-9-13(3)21-18-14/h4-9H,10H2,1-3H3/t22-/m0/s1. The fraction of sp³-hybridized carbons (Fsp3) is 0.250. The first-order chi connectivity index (χ1) is 10.5. The Bertz CT molecular complexity index is 815. The van der Waals surface area contributed by atoms with Crippen molar-refractivity contribution in [3.8, 4) is 5.69 Å². The minimum Gasteiger partial charge on any atom is -0.361 e. The van der Waals surface area contributed by atoms with E-state index >= 15 is 0 Å². The fourth-order valence-corrected chi connectivity index (χ4v) is 3.53. The van der Waals surface area contributed by atoms with Gasteiger partial charge in [-0.25, -0.2) is 4.98 Å². The van der Waals surface area contributed by atoms with Crippen LogP contribution in [0.4, 0.5) is 0 Å². The summed E-state index contributed by atoms with van der Waals surface area (Å²) in [5, 5.41) is 4.41. The summed E-state index contributed by atoms with van der Waals surface area (Å²) in [7, 11) is -1.29. The molecule has 0 radical (unpaired) electrons. The number of hydrogen-bond acceptors (Lipinski definition) is 4. The van der Waals surface area contributed by atoms with E-state index in [9.17, 15) is 4.21 Å². The lowest BCUT2D eigenvalue weighted by molar-refractivity contribution is 0.392. The maximum Gasteiger partial charge on any atom is 0.203 e. The molecule has 3 rings (SSSR count). The van der Waals surface area contributed by atoms with Crippen molar-refractivity contribution in [2.45, 2.75) is 31.7 Å². The molecule has 0 N–H and O–H groups in total. The van der Waals surface area contributed by atoms with Crippen LogP contribution >= 0.6 is 0 Å². The van der Waals surface area contributed by atoms with Gasteiger partial charge in [-0.2, -0.15) is 0 Å². The normalized spacial score (nSPS) is 12.5. The van der Waals surface area contributed by atoms with Gasteiger partial charge in [-0.15, -0.1) is 0 Å². The molecule has 2 heterocycles. The second kappa shape index (κ2) is 5.88. The fourth-order valence-electron chi connectivity index (χ4n) is 2.43. The van der Waals surface area contributed by atoms with E-state index in [0.717, 1.165) is 16.8 Å². The molecule has 0 amide bonds. The van der Waals surface area contributed by atoms with E-state index in [1.165, 1.54) is 0 Å². The lowest BCUT2D eigenvalue weighted by atomic mass is 10.1. The van der Waals surface area contributed by atoms with Crippen LogP contribution in [0.2, 0.25) is 0 Å². The molecule has 0 unspecified atom stereocenters. The summed E-state index contributed by atoms with van der Waals surface area (Å²) in [6.45, 7) is 5.90. The quantitative estimate of drug-likeness (QED) is 0.742. The van der Waals surface area contributed by atoms with E-state index in [-0.39, 0.29) is 0 Å². The zero-order chi connectivity index (χ0) is 15.7. The predicted octanol–water partition coefficient (Wildman–Crippen LogP) is 3.09. The van der Waals surface area contributed by atoms with Crippen LogP contribution in [0, 0.1) is 20.8 Å². The molecule has 1 aromatic carbocycles. The van der Waals surface area contributed by atoms with Crippen molar-refractivity contribution in [1.82, 2.24) is 14.7 Å². The maximum atomic E-state index is 12.6. The molecule has 5 nitrogen and oxygen atoms in total. The molecule has 114 valence electrons. The molecule has 0 saturated carbocycles. The summed E-state index contributed by atoms with van der Waals surface area (Å²) in [5.41, 5.74) is 3.96. The van der Waals surface area contributed by atoms with Crippen molar-refractivity contribution in [2.75, 3.05) is 0 Å². The second-order valence-electron chi connectivity index (χ2n) is 5.34. The minimum absolute atomic E-state index is 0.291. The molecule has 0 fully saturated rings. The molecule has 0 aliphatic rings. The van der Waals surface area contributed by atoms with Crippen molar-refractivity contribution in [2.24, 2.45) is 0 Å². The van der Waals surface area contributed by atoms with Crippen LogP contribution < -0.4 is 0 Å². The van der Waals surface area contributed by atoms with Gasteiger partial charge >= 0.3 is 0 Å². The molecule has 0 aliphatic carbocycles. The molecule has 2 aromatic heterocycles. The maximum absolute atomic E-state index is 12.6. The molecular weight excluding hydrogens is 298 g/mol.